The normalized spacial score (nSPS) is 20.2. The fourth-order valence-electron chi connectivity index (χ4n) is 2.78. The van der Waals surface area contributed by atoms with Crippen molar-refractivity contribution in [2.24, 2.45) is 5.41 Å². The summed E-state index contributed by atoms with van der Waals surface area (Å²) in [5.74, 6) is 1.10. The highest BCUT2D eigenvalue weighted by atomic mass is 16.3. The molecule has 1 aliphatic rings. The van der Waals surface area contributed by atoms with E-state index in [4.69, 9.17) is 4.42 Å². The van der Waals surface area contributed by atoms with Crippen LogP contribution in [0.4, 0.5) is 0 Å². The van der Waals surface area contributed by atoms with Crippen molar-refractivity contribution in [2.45, 2.75) is 66.1 Å². The van der Waals surface area contributed by atoms with Crippen molar-refractivity contribution in [2.75, 3.05) is 13.1 Å². The van der Waals surface area contributed by atoms with Crippen LogP contribution in [0.15, 0.2) is 16.7 Å². The Bertz CT molecular complexity index is 409. The minimum Gasteiger partial charge on any atom is -0.468 e. The second kappa shape index (κ2) is 6.77. The molecule has 3 heteroatoms. The van der Waals surface area contributed by atoms with E-state index in [1.54, 1.807) is 0 Å². The Morgan fingerprint density at radius 3 is 2.85 bits per heavy atom. The fourth-order valence-corrected chi connectivity index (χ4v) is 2.78. The zero-order chi connectivity index (χ0) is 14.6. The van der Waals surface area contributed by atoms with E-state index in [1.165, 1.54) is 37.9 Å². The van der Waals surface area contributed by atoms with Crippen molar-refractivity contribution < 1.29 is 4.42 Å². The van der Waals surface area contributed by atoms with Gasteiger partial charge in [-0.15, -0.1) is 0 Å². The summed E-state index contributed by atoms with van der Waals surface area (Å²) in [6.07, 6.45) is 5.82. The summed E-state index contributed by atoms with van der Waals surface area (Å²) in [4.78, 5) is 2.53. The van der Waals surface area contributed by atoms with Crippen LogP contribution in [0.25, 0.3) is 0 Å². The van der Waals surface area contributed by atoms with Gasteiger partial charge >= 0.3 is 0 Å². The third kappa shape index (κ3) is 4.95. The van der Waals surface area contributed by atoms with E-state index in [0.717, 1.165) is 18.8 Å². The molecule has 0 saturated carbocycles. The van der Waals surface area contributed by atoms with Gasteiger partial charge in [-0.05, 0) is 43.8 Å². The number of likely N-dealkylation sites (tertiary alicyclic amines) is 1. The van der Waals surface area contributed by atoms with Crippen LogP contribution in [0.2, 0.25) is 0 Å². The molecule has 1 N–H and O–H groups in total. The zero-order valence-electron chi connectivity index (χ0n) is 13.5. The number of furan rings is 1. The first kappa shape index (κ1) is 15.6. The molecule has 1 aromatic rings. The van der Waals surface area contributed by atoms with Gasteiger partial charge in [-0.2, -0.15) is 0 Å². The van der Waals surface area contributed by atoms with E-state index >= 15 is 0 Å². The molecule has 0 spiro atoms. The van der Waals surface area contributed by atoms with Gasteiger partial charge in [-0.1, -0.05) is 27.7 Å². The van der Waals surface area contributed by atoms with Crippen molar-refractivity contribution in [1.29, 1.82) is 0 Å². The number of nitrogens with one attached hydrogen (secondary N) is 1. The largest absolute Gasteiger partial charge is 0.468 e. The molecule has 0 atom stereocenters. The Hall–Kier alpha value is -0.800. The summed E-state index contributed by atoms with van der Waals surface area (Å²) in [5, 5.41) is 3.43. The van der Waals surface area contributed by atoms with Gasteiger partial charge in [0.25, 0.3) is 0 Å². The molecule has 1 aliphatic heterocycles. The molecular formula is C17H30N2O. The Morgan fingerprint density at radius 2 is 2.10 bits per heavy atom. The fraction of sp³-hybridized carbons (Fsp3) is 0.765. The molecule has 1 fully saturated rings. The summed E-state index contributed by atoms with van der Waals surface area (Å²) in [6.45, 7) is 13.3. The highest BCUT2D eigenvalue weighted by molar-refractivity contribution is 5.12. The molecule has 0 bridgehead atoms. The molecule has 0 unspecified atom stereocenters. The van der Waals surface area contributed by atoms with Gasteiger partial charge < -0.3 is 9.73 Å². The molecule has 1 saturated heterocycles. The van der Waals surface area contributed by atoms with Crippen LogP contribution < -0.4 is 5.32 Å². The lowest BCUT2D eigenvalue weighted by atomic mass is 9.85. The van der Waals surface area contributed by atoms with E-state index in [0.29, 0.717) is 11.5 Å². The van der Waals surface area contributed by atoms with Crippen molar-refractivity contribution in [3.8, 4) is 0 Å². The number of hydrogen-bond acceptors (Lipinski definition) is 3. The van der Waals surface area contributed by atoms with E-state index < -0.39 is 0 Å². The minimum atomic E-state index is 0.504. The maximum atomic E-state index is 5.71. The van der Waals surface area contributed by atoms with E-state index in [-0.39, 0.29) is 0 Å². The van der Waals surface area contributed by atoms with E-state index in [9.17, 15) is 0 Å². The Labute approximate surface area is 123 Å². The summed E-state index contributed by atoms with van der Waals surface area (Å²) >= 11 is 0. The standard InChI is InChI=1S/C17H30N2O/c1-14(2)18-11-15-10-16(20-13-15)12-19-8-5-6-17(3,4)7-9-19/h10,13-14,18H,5-9,11-12H2,1-4H3. The Balaban J connectivity index is 1.84. The smallest absolute Gasteiger partial charge is 0.118 e. The molecule has 0 amide bonds. The zero-order valence-corrected chi connectivity index (χ0v) is 13.5. The van der Waals surface area contributed by atoms with Crippen molar-refractivity contribution in [3.05, 3.63) is 23.7 Å². The highest BCUT2D eigenvalue weighted by Crippen LogP contribution is 2.30. The molecule has 1 aromatic heterocycles. The predicted octanol–water partition coefficient (Wildman–Crippen LogP) is 3.79. The molecule has 20 heavy (non-hydrogen) atoms. The maximum absolute atomic E-state index is 5.71. The van der Waals surface area contributed by atoms with Crippen LogP contribution in [0.3, 0.4) is 0 Å². The van der Waals surface area contributed by atoms with Crippen LogP contribution in [-0.4, -0.2) is 24.0 Å². The van der Waals surface area contributed by atoms with Crippen molar-refractivity contribution >= 4 is 0 Å². The molecule has 0 aliphatic carbocycles. The Kier molecular flexibility index (Phi) is 5.28. The first-order chi connectivity index (χ1) is 9.44. The molecule has 2 heterocycles. The summed E-state index contributed by atoms with van der Waals surface area (Å²) in [7, 11) is 0. The van der Waals surface area contributed by atoms with Gasteiger partial charge in [-0.3, -0.25) is 4.90 Å². The first-order valence-electron chi connectivity index (χ1n) is 7.97. The summed E-state index contributed by atoms with van der Waals surface area (Å²) < 4.78 is 5.71. The molecule has 114 valence electrons. The third-order valence-electron chi connectivity index (χ3n) is 4.23. The first-order valence-corrected chi connectivity index (χ1v) is 7.97. The number of nitrogens with zero attached hydrogens (tertiary/aromatic N) is 1. The van der Waals surface area contributed by atoms with Crippen molar-refractivity contribution in [3.63, 3.8) is 0 Å². The van der Waals surface area contributed by atoms with Gasteiger partial charge in [0.05, 0.1) is 12.8 Å². The van der Waals surface area contributed by atoms with Gasteiger partial charge in [0.2, 0.25) is 0 Å². The quantitative estimate of drug-likeness (QED) is 0.888. The van der Waals surface area contributed by atoms with Crippen LogP contribution in [0.1, 0.15) is 58.3 Å². The van der Waals surface area contributed by atoms with Gasteiger partial charge in [0, 0.05) is 18.2 Å². The molecule has 0 radical (unpaired) electrons. The minimum absolute atomic E-state index is 0.504. The summed E-state index contributed by atoms with van der Waals surface area (Å²) in [6, 6.07) is 2.71. The topological polar surface area (TPSA) is 28.4 Å². The van der Waals surface area contributed by atoms with Crippen molar-refractivity contribution in [1.82, 2.24) is 10.2 Å². The second-order valence-electron chi connectivity index (χ2n) is 7.25. The van der Waals surface area contributed by atoms with Gasteiger partial charge in [0.15, 0.2) is 0 Å². The maximum Gasteiger partial charge on any atom is 0.118 e. The van der Waals surface area contributed by atoms with Gasteiger partial charge in [-0.25, -0.2) is 0 Å². The molecule has 2 rings (SSSR count). The lowest BCUT2D eigenvalue weighted by Crippen LogP contribution is -2.24. The van der Waals surface area contributed by atoms with E-state index in [1.807, 2.05) is 6.26 Å². The Morgan fingerprint density at radius 1 is 1.30 bits per heavy atom. The van der Waals surface area contributed by atoms with Crippen LogP contribution >= 0.6 is 0 Å². The lowest BCUT2D eigenvalue weighted by Gasteiger charge is -2.22. The van der Waals surface area contributed by atoms with Crippen LogP contribution in [-0.2, 0) is 13.1 Å². The monoisotopic (exact) mass is 278 g/mol. The van der Waals surface area contributed by atoms with Crippen LogP contribution in [0.5, 0.6) is 0 Å². The lowest BCUT2D eigenvalue weighted by molar-refractivity contribution is 0.238. The third-order valence-corrected chi connectivity index (χ3v) is 4.23. The molecule has 0 aromatic carbocycles. The summed E-state index contributed by atoms with van der Waals surface area (Å²) in [5.41, 5.74) is 1.76. The molecular weight excluding hydrogens is 248 g/mol. The SMILES string of the molecule is CC(C)NCc1coc(CN2CCCC(C)(C)CC2)c1. The van der Waals surface area contributed by atoms with Gasteiger partial charge in [0.1, 0.15) is 5.76 Å². The van der Waals surface area contributed by atoms with E-state index in [2.05, 4.69) is 44.0 Å². The highest BCUT2D eigenvalue weighted by Gasteiger charge is 2.23. The average molecular weight is 278 g/mol. The molecule has 3 nitrogen and oxygen atoms in total. The number of hydrogen-bond donors (Lipinski definition) is 1. The average Bonchev–Trinajstić information content (AvgIpc) is 2.73. The predicted molar refractivity (Wildman–Crippen MR) is 83.6 cm³/mol. The van der Waals surface area contributed by atoms with Crippen LogP contribution in [0, 0.1) is 5.41 Å². The number of rotatable bonds is 5. The second-order valence-corrected chi connectivity index (χ2v) is 7.25.